The van der Waals surface area contributed by atoms with Gasteiger partial charge in [-0.3, -0.25) is 24.2 Å². The molecule has 2 amide bonds. The molecular formula is C31H50N4O7. The number of amides is 2. The van der Waals surface area contributed by atoms with Gasteiger partial charge >= 0.3 is 18.0 Å². The molecule has 11 nitrogen and oxygen atoms in total. The van der Waals surface area contributed by atoms with E-state index in [-0.39, 0.29) is 37.4 Å². The molecule has 0 bridgehead atoms. The van der Waals surface area contributed by atoms with Crippen LogP contribution in [0.4, 0.5) is 4.79 Å². The van der Waals surface area contributed by atoms with Crippen molar-refractivity contribution in [1.29, 1.82) is 0 Å². The van der Waals surface area contributed by atoms with Crippen LogP contribution in [0.15, 0.2) is 30.3 Å². The van der Waals surface area contributed by atoms with E-state index in [2.05, 4.69) is 4.90 Å². The molecular weight excluding hydrogens is 540 g/mol. The monoisotopic (exact) mass is 590 g/mol. The SMILES string of the molecule is CC(=O)N1CCN(CCC(=O)OC(C)(C)C)CCN(C(=O)OCc2ccccc2)CCN(CC(=O)OC(C)(C)C)CC1. The molecule has 1 saturated heterocycles. The van der Waals surface area contributed by atoms with E-state index < -0.39 is 17.3 Å². The third kappa shape index (κ3) is 14.6. The Labute approximate surface area is 251 Å². The number of ether oxygens (including phenoxy) is 3. The first-order chi connectivity index (χ1) is 19.6. The molecule has 1 aliphatic rings. The first-order valence-corrected chi connectivity index (χ1v) is 14.7. The van der Waals surface area contributed by atoms with Gasteiger partial charge in [-0.2, -0.15) is 0 Å². The molecule has 1 aromatic carbocycles. The van der Waals surface area contributed by atoms with Crippen molar-refractivity contribution in [3.63, 3.8) is 0 Å². The first-order valence-electron chi connectivity index (χ1n) is 14.7. The maximum atomic E-state index is 13.2. The predicted molar refractivity (Wildman–Crippen MR) is 160 cm³/mol. The molecule has 1 aromatic rings. The molecule has 236 valence electrons. The zero-order valence-electron chi connectivity index (χ0n) is 26.5. The fourth-order valence-electron chi connectivity index (χ4n) is 4.38. The third-order valence-electron chi connectivity index (χ3n) is 6.48. The van der Waals surface area contributed by atoms with Gasteiger partial charge in [0.2, 0.25) is 5.91 Å². The molecule has 42 heavy (non-hydrogen) atoms. The second-order valence-corrected chi connectivity index (χ2v) is 12.6. The van der Waals surface area contributed by atoms with Crippen LogP contribution in [0.5, 0.6) is 0 Å². The molecule has 11 heteroatoms. The van der Waals surface area contributed by atoms with E-state index in [4.69, 9.17) is 14.2 Å². The van der Waals surface area contributed by atoms with E-state index in [0.717, 1.165) is 5.56 Å². The number of hydrogen-bond donors (Lipinski definition) is 0. The van der Waals surface area contributed by atoms with Crippen molar-refractivity contribution in [1.82, 2.24) is 19.6 Å². The smallest absolute Gasteiger partial charge is 0.410 e. The van der Waals surface area contributed by atoms with Gasteiger partial charge in [-0.05, 0) is 47.1 Å². The van der Waals surface area contributed by atoms with E-state index in [1.54, 1.807) is 9.80 Å². The molecule has 0 aliphatic carbocycles. The average molecular weight is 591 g/mol. The quantitative estimate of drug-likeness (QED) is 0.349. The van der Waals surface area contributed by atoms with Gasteiger partial charge in [0.1, 0.15) is 17.8 Å². The first kappa shape index (κ1) is 35.0. The maximum Gasteiger partial charge on any atom is 0.410 e. The van der Waals surface area contributed by atoms with Gasteiger partial charge in [0, 0.05) is 65.8 Å². The van der Waals surface area contributed by atoms with E-state index in [9.17, 15) is 19.2 Å². The lowest BCUT2D eigenvalue weighted by atomic mass is 10.2. The summed E-state index contributed by atoms with van der Waals surface area (Å²) >= 11 is 0. The normalized spacial score (nSPS) is 16.6. The molecule has 0 aromatic heterocycles. The number of carbonyl (C=O) groups excluding carboxylic acids is 4. The summed E-state index contributed by atoms with van der Waals surface area (Å²) in [6, 6.07) is 9.47. The standard InChI is InChI=1S/C31H50N4O7/c1-25(36)34-19-15-32(14-13-27(37)41-30(2,3)4)16-21-35(29(39)40-24-26-11-9-8-10-12-26)22-18-33(17-20-34)23-28(38)42-31(5,6)7/h8-12H,13-24H2,1-7H3. The molecule has 1 fully saturated rings. The highest BCUT2D eigenvalue weighted by atomic mass is 16.6. The van der Waals surface area contributed by atoms with Crippen LogP contribution < -0.4 is 0 Å². The summed E-state index contributed by atoms with van der Waals surface area (Å²) in [5, 5.41) is 0. The lowest BCUT2D eigenvalue weighted by Gasteiger charge is -2.34. The Hall–Kier alpha value is -3.18. The predicted octanol–water partition coefficient (Wildman–Crippen LogP) is 3.16. The van der Waals surface area contributed by atoms with Crippen LogP contribution in [0.1, 0.15) is 60.5 Å². The van der Waals surface area contributed by atoms with Gasteiger partial charge < -0.3 is 24.0 Å². The zero-order chi connectivity index (χ0) is 31.3. The van der Waals surface area contributed by atoms with Crippen molar-refractivity contribution in [2.45, 2.75) is 72.7 Å². The van der Waals surface area contributed by atoms with Gasteiger partial charge in [0.25, 0.3) is 0 Å². The summed E-state index contributed by atoms with van der Waals surface area (Å²) in [6.45, 7) is 16.4. The highest BCUT2D eigenvalue weighted by molar-refractivity contribution is 5.73. The van der Waals surface area contributed by atoms with Gasteiger partial charge in [-0.25, -0.2) is 4.79 Å². The second-order valence-electron chi connectivity index (χ2n) is 12.6. The summed E-state index contributed by atoms with van der Waals surface area (Å²) in [7, 11) is 0. The number of carbonyl (C=O) groups is 4. The topological polar surface area (TPSA) is 109 Å². The summed E-state index contributed by atoms with van der Waals surface area (Å²) in [5.41, 5.74) is -0.310. The highest BCUT2D eigenvalue weighted by Gasteiger charge is 2.25. The van der Waals surface area contributed by atoms with E-state index >= 15 is 0 Å². The molecule has 0 spiro atoms. The van der Waals surface area contributed by atoms with Crippen LogP contribution in [0, 0.1) is 0 Å². The molecule has 0 N–H and O–H groups in total. The molecule has 2 rings (SSSR count). The molecule has 0 atom stereocenters. The Morgan fingerprint density at radius 3 is 1.71 bits per heavy atom. The molecule has 0 unspecified atom stereocenters. The minimum atomic E-state index is -0.620. The number of hydrogen-bond acceptors (Lipinski definition) is 9. The van der Waals surface area contributed by atoms with Crippen molar-refractivity contribution in [3.8, 4) is 0 Å². The highest BCUT2D eigenvalue weighted by Crippen LogP contribution is 2.11. The maximum absolute atomic E-state index is 13.2. The van der Waals surface area contributed by atoms with Crippen LogP contribution in [-0.2, 0) is 35.2 Å². The summed E-state index contributed by atoms with van der Waals surface area (Å²) < 4.78 is 16.6. The summed E-state index contributed by atoms with van der Waals surface area (Å²) in [4.78, 5) is 58.1. The Morgan fingerprint density at radius 1 is 0.690 bits per heavy atom. The Balaban J connectivity index is 2.18. The Morgan fingerprint density at radius 2 is 1.19 bits per heavy atom. The average Bonchev–Trinajstić information content (AvgIpc) is 2.86. The lowest BCUT2D eigenvalue weighted by molar-refractivity contribution is -0.157. The van der Waals surface area contributed by atoms with Crippen molar-refractivity contribution in [3.05, 3.63) is 35.9 Å². The van der Waals surface area contributed by atoms with Gasteiger partial charge in [-0.1, -0.05) is 30.3 Å². The minimum absolute atomic E-state index is 0.0396. The van der Waals surface area contributed by atoms with Crippen molar-refractivity contribution < 1.29 is 33.4 Å². The van der Waals surface area contributed by atoms with Crippen LogP contribution in [0.2, 0.25) is 0 Å². The fraction of sp³-hybridized carbons (Fsp3) is 0.677. The summed E-state index contributed by atoms with van der Waals surface area (Å²) in [5.74, 6) is -0.730. The van der Waals surface area contributed by atoms with Gasteiger partial charge in [0.15, 0.2) is 0 Å². The van der Waals surface area contributed by atoms with Gasteiger partial charge in [0.05, 0.1) is 13.0 Å². The fourth-order valence-corrected chi connectivity index (χ4v) is 4.38. The van der Waals surface area contributed by atoms with Crippen LogP contribution in [0.3, 0.4) is 0 Å². The van der Waals surface area contributed by atoms with Crippen molar-refractivity contribution in [2.24, 2.45) is 0 Å². The van der Waals surface area contributed by atoms with E-state index in [1.165, 1.54) is 6.92 Å². The van der Waals surface area contributed by atoms with Gasteiger partial charge in [-0.15, -0.1) is 0 Å². The van der Waals surface area contributed by atoms with Crippen molar-refractivity contribution >= 4 is 23.9 Å². The number of benzene rings is 1. The van der Waals surface area contributed by atoms with Crippen LogP contribution in [-0.4, -0.2) is 120 Å². The number of rotatable bonds is 7. The molecule has 1 heterocycles. The number of nitrogens with zero attached hydrogens (tertiary/aromatic N) is 4. The van der Waals surface area contributed by atoms with E-state index in [1.807, 2.05) is 76.8 Å². The van der Waals surface area contributed by atoms with Crippen molar-refractivity contribution in [2.75, 3.05) is 65.4 Å². The summed E-state index contributed by atoms with van der Waals surface area (Å²) in [6.07, 6.45) is -0.259. The van der Waals surface area contributed by atoms with Crippen LogP contribution >= 0.6 is 0 Å². The molecule has 1 aliphatic heterocycles. The zero-order valence-corrected chi connectivity index (χ0v) is 26.5. The Kier molecular flexibility index (Phi) is 13.7. The van der Waals surface area contributed by atoms with E-state index in [0.29, 0.717) is 58.9 Å². The third-order valence-corrected chi connectivity index (χ3v) is 6.48. The minimum Gasteiger partial charge on any atom is -0.460 e. The Bertz CT molecular complexity index is 1020. The van der Waals surface area contributed by atoms with Crippen LogP contribution in [0.25, 0.3) is 0 Å². The number of esters is 2. The molecule has 0 saturated carbocycles. The molecule has 0 radical (unpaired) electrons. The lowest BCUT2D eigenvalue weighted by Crippen LogP contribution is -2.49. The second kappa shape index (κ2) is 16.5. The largest absolute Gasteiger partial charge is 0.460 e.